The number of rotatable bonds is 3. The first-order valence-electron chi connectivity index (χ1n) is 7.41. The van der Waals surface area contributed by atoms with E-state index in [9.17, 15) is 4.79 Å². The highest BCUT2D eigenvalue weighted by molar-refractivity contribution is 5.91. The summed E-state index contributed by atoms with van der Waals surface area (Å²) in [6.07, 6.45) is 9.39. The summed E-state index contributed by atoms with van der Waals surface area (Å²) in [5, 5.41) is 3.08. The molecule has 2 heterocycles. The number of amides is 1. The highest BCUT2D eigenvalue weighted by atomic mass is 16.3. The number of furan rings is 1. The minimum absolute atomic E-state index is 0.0829. The molecular weight excluding hydrogens is 240 g/mol. The molecule has 0 aromatic carbocycles. The zero-order valence-corrected chi connectivity index (χ0v) is 11.3. The number of nitrogens with one attached hydrogen (secondary N) is 1. The fourth-order valence-corrected chi connectivity index (χ4v) is 3.35. The van der Waals surface area contributed by atoms with Crippen LogP contribution in [-0.4, -0.2) is 36.0 Å². The molecule has 0 radical (unpaired) electrons. The minimum Gasteiger partial charge on any atom is -0.459 e. The van der Waals surface area contributed by atoms with Crippen molar-refractivity contribution in [2.24, 2.45) is 0 Å². The van der Waals surface area contributed by atoms with Gasteiger partial charge in [-0.25, -0.2) is 0 Å². The molecule has 1 unspecified atom stereocenters. The van der Waals surface area contributed by atoms with Gasteiger partial charge in [0.1, 0.15) is 0 Å². The van der Waals surface area contributed by atoms with Crippen molar-refractivity contribution < 1.29 is 9.21 Å². The number of hydrogen-bond acceptors (Lipinski definition) is 3. The fraction of sp³-hybridized carbons (Fsp3) is 0.667. The molecule has 19 heavy (non-hydrogen) atoms. The van der Waals surface area contributed by atoms with Gasteiger partial charge in [-0.15, -0.1) is 0 Å². The third-order valence-corrected chi connectivity index (χ3v) is 4.39. The van der Waals surface area contributed by atoms with Crippen LogP contribution in [0.5, 0.6) is 0 Å². The summed E-state index contributed by atoms with van der Waals surface area (Å²) < 4.78 is 5.12. The smallest absolute Gasteiger partial charge is 0.287 e. The lowest BCUT2D eigenvalue weighted by molar-refractivity contribution is 0.0906. The summed E-state index contributed by atoms with van der Waals surface area (Å²) >= 11 is 0. The Bertz CT molecular complexity index is 410. The monoisotopic (exact) mass is 262 g/mol. The van der Waals surface area contributed by atoms with Gasteiger partial charge in [0.15, 0.2) is 5.76 Å². The molecule has 2 aliphatic rings. The molecular formula is C15H22N2O2. The van der Waals surface area contributed by atoms with E-state index >= 15 is 0 Å². The first kappa shape index (κ1) is 12.7. The maximum absolute atomic E-state index is 11.9. The predicted molar refractivity (Wildman–Crippen MR) is 73.0 cm³/mol. The summed E-state index contributed by atoms with van der Waals surface area (Å²) in [5.41, 5.74) is 0. The normalized spacial score (nSPS) is 25.6. The Kier molecular flexibility index (Phi) is 3.87. The Balaban J connectivity index is 1.50. The summed E-state index contributed by atoms with van der Waals surface area (Å²) in [6, 6.07) is 4.49. The Hall–Kier alpha value is -1.29. The van der Waals surface area contributed by atoms with Crippen LogP contribution < -0.4 is 5.32 Å². The molecule has 4 heteroatoms. The summed E-state index contributed by atoms with van der Waals surface area (Å²) in [5.74, 6) is 0.330. The number of hydrogen-bond donors (Lipinski definition) is 1. The van der Waals surface area contributed by atoms with Crippen molar-refractivity contribution in [3.8, 4) is 0 Å². The molecule has 104 valence electrons. The molecule has 1 aromatic heterocycles. The fourth-order valence-electron chi connectivity index (χ4n) is 3.35. The van der Waals surface area contributed by atoms with E-state index in [4.69, 9.17) is 4.42 Å². The molecule has 1 saturated carbocycles. The van der Waals surface area contributed by atoms with Crippen LogP contribution in [-0.2, 0) is 0 Å². The van der Waals surface area contributed by atoms with E-state index in [0.717, 1.165) is 25.6 Å². The van der Waals surface area contributed by atoms with Crippen LogP contribution in [0.4, 0.5) is 0 Å². The number of carbonyl (C=O) groups excluding carboxylic acids is 1. The summed E-state index contributed by atoms with van der Waals surface area (Å²) in [6.45, 7) is 2.12. The highest BCUT2D eigenvalue weighted by Crippen LogP contribution is 2.25. The Morgan fingerprint density at radius 2 is 2.11 bits per heavy atom. The Morgan fingerprint density at radius 1 is 1.26 bits per heavy atom. The van der Waals surface area contributed by atoms with E-state index in [1.807, 2.05) is 0 Å². The second kappa shape index (κ2) is 5.78. The zero-order valence-electron chi connectivity index (χ0n) is 11.3. The number of likely N-dealkylation sites (tertiary alicyclic amines) is 1. The van der Waals surface area contributed by atoms with Gasteiger partial charge in [0, 0.05) is 25.2 Å². The topological polar surface area (TPSA) is 45.5 Å². The van der Waals surface area contributed by atoms with Crippen molar-refractivity contribution >= 4 is 5.91 Å². The molecule has 1 saturated heterocycles. The molecule has 0 spiro atoms. The Morgan fingerprint density at radius 3 is 2.84 bits per heavy atom. The Labute approximate surface area is 114 Å². The van der Waals surface area contributed by atoms with E-state index in [2.05, 4.69) is 10.2 Å². The van der Waals surface area contributed by atoms with Crippen LogP contribution in [0, 0.1) is 0 Å². The minimum atomic E-state index is -0.0829. The molecule has 4 nitrogen and oxygen atoms in total. The predicted octanol–water partition coefficient (Wildman–Crippen LogP) is 2.42. The van der Waals surface area contributed by atoms with Gasteiger partial charge in [-0.2, -0.15) is 0 Å². The van der Waals surface area contributed by atoms with Gasteiger partial charge in [-0.1, -0.05) is 19.3 Å². The van der Waals surface area contributed by atoms with E-state index in [1.165, 1.54) is 38.4 Å². The highest BCUT2D eigenvalue weighted by Gasteiger charge is 2.30. The van der Waals surface area contributed by atoms with Crippen LogP contribution in [0.3, 0.4) is 0 Å². The average Bonchev–Trinajstić information content (AvgIpc) is 3.11. The van der Waals surface area contributed by atoms with E-state index in [0.29, 0.717) is 5.76 Å². The van der Waals surface area contributed by atoms with Crippen molar-refractivity contribution in [1.29, 1.82) is 0 Å². The van der Waals surface area contributed by atoms with Crippen molar-refractivity contribution in [2.75, 3.05) is 13.1 Å². The van der Waals surface area contributed by atoms with Crippen LogP contribution in [0.2, 0.25) is 0 Å². The van der Waals surface area contributed by atoms with Crippen molar-refractivity contribution in [3.05, 3.63) is 24.2 Å². The largest absolute Gasteiger partial charge is 0.459 e. The maximum atomic E-state index is 11.9. The van der Waals surface area contributed by atoms with Crippen LogP contribution >= 0.6 is 0 Å². The molecule has 0 bridgehead atoms. The molecule has 1 aliphatic carbocycles. The maximum Gasteiger partial charge on any atom is 0.287 e. The first-order valence-corrected chi connectivity index (χ1v) is 7.41. The van der Waals surface area contributed by atoms with Gasteiger partial charge >= 0.3 is 0 Å². The van der Waals surface area contributed by atoms with E-state index in [-0.39, 0.29) is 11.9 Å². The van der Waals surface area contributed by atoms with Crippen LogP contribution in [0.25, 0.3) is 0 Å². The average molecular weight is 262 g/mol. The molecule has 1 atom stereocenters. The standard InChI is InChI=1S/C15H22N2O2/c18-15(14-7-4-10-19-14)16-12-8-9-17(11-12)13-5-2-1-3-6-13/h4,7,10,12-13H,1-3,5-6,8-9,11H2,(H,16,18). The summed E-state index contributed by atoms with van der Waals surface area (Å²) in [4.78, 5) is 14.5. The second-order valence-corrected chi connectivity index (χ2v) is 5.72. The van der Waals surface area contributed by atoms with Gasteiger partial charge in [-0.3, -0.25) is 9.69 Å². The molecule has 1 amide bonds. The van der Waals surface area contributed by atoms with E-state index in [1.54, 1.807) is 12.1 Å². The van der Waals surface area contributed by atoms with Crippen molar-refractivity contribution in [1.82, 2.24) is 10.2 Å². The summed E-state index contributed by atoms with van der Waals surface area (Å²) in [7, 11) is 0. The third kappa shape index (κ3) is 3.00. The van der Waals surface area contributed by atoms with Gasteiger partial charge < -0.3 is 9.73 Å². The molecule has 1 aromatic rings. The number of nitrogens with zero attached hydrogens (tertiary/aromatic N) is 1. The lowest BCUT2D eigenvalue weighted by atomic mass is 9.94. The van der Waals surface area contributed by atoms with Gasteiger partial charge in [0.05, 0.1) is 6.26 Å². The van der Waals surface area contributed by atoms with Gasteiger partial charge in [0.2, 0.25) is 0 Å². The number of carbonyl (C=O) groups is 1. The third-order valence-electron chi connectivity index (χ3n) is 4.39. The lowest BCUT2D eigenvalue weighted by Crippen LogP contribution is -2.40. The molecule has 1 aliphatic heterocycles. The lowest BCUT2D eigenvalue weighted by Gasteiger charge is -2.31. The van der Waals surface area contributed by atoms with Crippen LogP contribution in [0.1, 0.15) is 49.1 Å². The quantitative estimate of drug-likeness (QED) is 0.910. The molecule has 2 fully saturated rings. The van der Waals surface area contributed by atoms with Crippen molar-refractivity contribution in [3.63, 3.8) is 0 Å². The van der Waals surface area contributed by atoms with Crippen LogP contribution in [0.15, 0.2) is 22.8 Å². The van der Waals surface area contributed by atoms with Gasteiger partial charge in [-0.05, 0) is 31.4 Å². The van der Waals surface area contributed by atoms with E-state index < -0.39 is 0 Å². The van der Waals surface area contributed by atoms with Gasteiger partial charge in [0.25, 0.3) is 5.91 Å². The first-order chi connectivity index (χ1) is 9.33. The second-order valence-electron chi connectivity index (χ2n) is 5.72. The zero-order chi connectivity index (χ0) is 13.1. The van der Waals surface area contributed by atoms with Crippen molar-refractivity contribution in [2.45, 2.75) is 50.6 Å². The SMILES string of the molecule is O=C(NC1CCN(C2CCCCC2)C1)c1ccco1. The molecule has 3 rings (SSSR count). The molecule has 1 N–H and O–H groups in total.